The lowest BCUT2D eigenvalue weighted by Crippen LogP contribution is -2.42. The molecule has 0 radical (unpaired) electrons. The number of β-amino-alcohol motifs (C(OH)–C–C–N with tert-alkyl or cyclic N) is 1. The fourth-order valence-electron chi connectivity index (χ4n) is 8.39. The number of ether oxygens (including phenoxy) is 4. The van der Waals surface area contributed by atoms with Gasteiger partial charge in [0.1, 0.15) is 55.5 Å². The molecule has 2 amide bonds. The molecule has 2 unspecified atom stereocenters. The van der Waals surface area contributed by atoms with Gasteiger partial charge in [-0.15, -0.1) is 0 Å². The van der Waals surface area contributed by atoms with Gasteiger partial charge in [-0.2, -0.15) is 5.26 Å². The molecule has 2 aliphatic rings. The first kappa shape index (κ1) is 49.8. The second kappa shape index (κ2) is 22.9. The molecule has 4 heterocycles. The van der Waals surface area contributed by atoms with Crippen molar-refractivity contribution in [1.82, 2.24) is 19.8 Å². The highest BCUT2D eigenvalue weighted by atomic mass is 35.5. The maximum atomic E-state index is 13.9. The molecule has 2 atom stereocenters. The van der Waals surface area contributed by atoms with Crippen LogP contribution in [0.25, 0.3) is 16.0 Å². The maximum Gasteiger partial charge on any atom is 0.257 e. The Hall–Kier alpha value is -6.58. The fraction of sp³-hybridized carbons (Fsp3) is 0.283. The molecule has 0 saturated carbocycles. The molecule has 2 fully saturated rings. The number of hydrogen-bond donors (Lipinski definition) is 1. The van der Waals surface area contributed by atoms with E-state index in [1.165, 1.54) is 18.5 Å². The Morgan fingerprint density at radius 1 is 0.700 bits per heavy atom. The monoisotopic (exact) mass is 1020 g/mol. The van der Waals surface area contributed by atoms with E-state index >= 15 is 0 Å². The van der Waals surface area contributed by atoms with Crippen LogP contribution in [-0.4, -0.2) is 69.0 Å². The first-order valence-electron chi connectivity index (χ1n) is 22.5. The van der Waals surface area contributed by atoms with Crippen LogP contribution < -0.4 is 18.9 Å². The van der Waals surface area contributed by atoms with Gasteiger partial charge in [0.05, 0.1) is 49.5 Å². The molecule has 358 valence electrons. The lowest BCUT2D eigenvalue weighted by atomic mass is 9.99. The average Bonchev–Trinajstić information content (AvgIpc) is 3.37. The fourth-order valence-corrected chi connectivity index (χ4v) is 9.39. The minimum absolute atomic E-state index is 0.00142. The van der Waals surface area contributed by atoms with Crippen LogP contribution in [0.3, 0.4) is 0 Å². The first-order valence-corrected chi connectivity index (χ1v) is 24.1. The van der Waals surface area contributed by atoms with Crippen molar-refractivity contribution < 1.29 is 33.6 Å². The Labute approximate surface area is 425 Å². The summed E-state index contributed by atoms with van der Waals surface area (Å²) >= 11 is 27.9. The zero-order valence-electron chi connectivity index (χ0n) is 38.0. The van der Waals surface area contributed by atoms with Gasteiger partial charge in [-0.1, -0.05) is 89.7 Å². The highest BCUT2D eigenvalue weighted by Crippen LogP contribution is 2.41. The number of hydrogen-bond acceptors (Lipinski definition) is 10. The minimum Gasteiger partial charge on any atom is -0.488 e. The molecule has 70 heavy (non-hydrogen) atoms. The molecular formula is C53H46Cl4N6O7. The van der Waals surface area contributed by atoms with Crippen molar-refractivity contribution in [3.63, 3.8) is 0 Å². The van der Waals surface area contributed by atoms with Crippen LogP contribution in [0.1, 0.15) is 81.1 Å². The number of aromatic nitrogens is 2. The number of nitriles is 1. The Balaban J connectivity index is 1.01. The number of nitrogens with zero attached hydrogens (tertiary/aromatic N) is 6. The summed E-state index contributed by atoms with van der Waals surface area (Å²) in [5.74, 6) is 0.774. The Bertz CT molecular complexity index is 2810. The smallest absolute Gasteiger partial charge is 0.257 e. The predicted octanol–water partition coefficient (Wildman–Crippen LogP) is 12.0. The van der Waals surface area contributed by atoms with E-state index in [2.05, 4.69) is 27.8 Å². The maximum absolute atomic E-state index is 13.9. The first-order chi connectivity index (χ1) is 33.9. The van der Waals surface area contributed by atoms with Crippen LogP contribution in [-0.2, 0) is 26.4 Å². The lowest BCUT2D eigenvalue weighted by Gasteiger charge is -2.31. The Kier molecular flexibility index (Phi) is 16.3. The third-order valence-corrected chi connectivity index (χ3v) is 13.5. The van der Waals surface area contributed by atoms with E-state index in [-0.39, 0.29) is 83.4 Å². The molecule has 6 aromatic rings. The summed E-state index contributed by atoms with van der Waals surface area (Å²) in [4.78, 5) is 42.8. The summed E-state index contributed by atoms with van der Waals surface area (Å²) in [5.41, 5.74) is 4.99. The zero-order chi connectivity index (χ0) is 49.3. The van der Waals surface area contributed by atoms with Crippen LogP contribution in [0.4, 0.5) is 5.69 Å². The van der Waals surface area contributed by atoms with Crippen molar-refractivity contribution >= 4 is 63.9 Å². The molecule has 13 nitrogen and oxygen atoms in total. The van der Waals surface area contributed by atoms with Crippen molar-refractivity contribution in [2.24, 2.45) is 5.92 Å². The number of carbonyl (C=O) groups is 2. The van der Waals surface area contributed by atoms with Crippen LogP contribution >= 0.6 is 46.4 Å². The van der Waals surface area contributed by atoms with Crippen LogP contribution in [0, 0.1) is 23.8 Å². The lowest BCUT2D eigenvalue weighted by molar-refractivity contribution is 0.0470. The summed E-state index contributed by atoms with van der Waals surface area (Å²) in [6, 6.07) is 22.6. The number of benzene rings is 4. The van der Waals surface area contributed by atoms with Crippen molar-refractivity contribution in [2.75, 3.05) is 26.2 Å². The summed E-state index contributed by atoms with van der Waals surface area (Å²) in [6.07, 6.45) is 8.65. The number of halogens is 4. The molecule has 2 aromatic heterocycles. The van der Waals surface area contributed by atoms with Crippen molar-refractivity contribution in [3.05, 3.63) is 168 Å². The van der Waals surface area contributed by atoms with Gasteiger partial charge in [0.15, 0.2) is 0 Å². The zero-order valence-corrected chi connectivity index (χ0v) is 41.0. The molecule has 0 bridgehead atoms. The van der Waals surface area contributed by atoms with Crippen LogP contribution in [0.5, 0.6) is 23.0 Å². The van der Waals surface area contributed by atoms with Gasteiger partial charge in [-0.05, 0) is 61.4 Å². The van der Waals surface area contributed by atoms with E-state index in [0.29, 0.717) is 98.6 Å². The number of likely N-dealkylation sites (tertiary alicyclic amines) is 2. The van der Waals surface area contributed by atoms with Gasteiger partial charge in [0, 0.05) is 90.9 Å². The molecular weight excluding hydrogens is 974 g/mol. The highest BCUT2D eigenvalue weighted by molar-refractivity contribution is 6.37. The SMILES string of the molecule is [C-]#[N+]c1cncc(COc2cc(OCc3cccc(-c4cccc(COc5cc(OCc6cncc(C#N)c6)c(C(=O)N6CCCC(C)C6)cc5Cl)c4Cl)c3Cl)c(Cl)cc2C(=O)N2CCCC(O)C2)c1. The van der Waals surface area contributed by atoms with Gasteiger partial charge in [0.25, 0.3) is 11.8 Å². The molecule has 17 heteroatoms. The van der Waals surface area contributed by atoms with E-state index < -0.39 is 6.10 Å². The number of amides is 2. The minimum atomic E-state index is -0.636. The average molecular weight is 1020 g/mol. The van der Waals surface area contributed by atoms with Crippen molar-refractivity contribution in [2.45, 2.75) is 65.1 Å². The molecule has 1 N–H and O–H groups in total. The Morgan fingerprint density at radius 2 is 1.21 bits per heavy atom. The summed E-state index contributed by atoms with van der Waals surface area (Å²) in [7, 11) is 0. The predicted molar refractivity (Wildman–Crippen MR) is 267 cm³/mol. The van der Waals surface area contributed by atoms with E-state index in [1.807, 2.05) is 41.3 Å². The Morgan fingerprint density at radius 3 is 1.74 bits per heavy atom. The van der Waals surface area contributed by atoms with E-state index in [4.69, 9.17) is 71.9 Å². The van der Waals surface area contributed by atoms with Gasteiger partial charge < -0.3 is 33.9 Å². The number of aliphatic hydroxyl groups is 1. The molecule has 0 aliphatic carbocycles. The topological polar surface area (TPSA) is 152 Å². The van der Waals surface area contributed by atoms with Gasteiger partial charge in [-0.3, -0.25) is 19.6 Å². The molecule has 8 rings (SSSR count). The quantitative estimate of drug-likeness (QED) is 0.0984. The number of pyridine rings is 2. The third kappa shape index (κ3) is 11.9. The van der Waals surface area contributed by atoms with Gasteiger partial charge in [0.2, 0.25) is 5.69 Å². The standard InChI is InChI=1S/C53H46Cl4N6O7/c1-32-7-5-13-62(26-32)52(65)42-17-44(54)48(19-46(42)67-28-34-15-33(21-58)22-60-23-34)69-30-36-8-3-11-40(50(36)56)41-12-4-9-37(51(41)57)31-70-49-20-47(68-29-35-16-38(59-2)25-61-24-35)43(18-45(49)55)53(66)63-14-6-10-39(64)27-63/h3-4,8-9,11-12,15-20,22-25,32,39,64H,5-7,10,13-14,26-31H2,1H3. The molecule has 2 saturated heterocycles. The van der Waals surface area contributed by atoms with Crippen molar-refractivity contribution in [3.8, 4) is 40.2 Å². The van der Waals surface area contributed by atoms with E-state index in [9.17, 15) is 20.0 Å². The molecule has 0 spiro atoms. The number of piperidine rings is 2. The number of carbonyl (C=O) groups excluding carboxylic acids is 2. The van der Waals surface area contributed by atoms with Crippen LogP contribution in [0.2, 0.25) is 20.1 Å². The highest BCUT2D eigenvalue weighted by Gasteiger charge is 2.29. The normalized spacial score (nSPS) is 15.7. The summed E-state index contributed by atoms with van der Waals surface area (Å²) in [6.45, 7) is 11.4. The second-order valence-corrected chi connectivity index (χ2v) is 18.7. The summed E-state index contributed by atoms with van der Waals surface area (Å²) in [5, 5.41) is 20.8. The third-order valence-electron chi connectivity index (χ3n) is 12.0. The largest absolute Gasteiger partial charge is 0.488 e. The molecule has 2 aliphatic heterocycles. The second-order valence-electron chi connectivity index (χ2n) is 17.2. The van der Waals surface area contributed by atoms with Crippen LogP contribution in [0.15, 0.2) is 97.6 Å². The van der Waals surface area contributed by atoms with E-state index in [1.54, 1.807) is 47.6 Å². The van der Waals surface area contributed by atoms with Crippen molar-refractivity contribution in [1.29, 1.82) is 5.26 Å². The van der Waals surface area contributed by atoms with E-state index in [0.717, 1.165) is 12.8 Å². The number of rotatable bonds is 15. The molecule has 4 aromatic carbocycles. The number of aliphatic hydroxyl groups excluding tert-OH is 1. The summed E-state index contributed by atoms with van der Waals surface area (Å²) < 4.78 is 25.0. The van der Waals surface area contributed by atoms with Gasteiger partial charge >= 0.3 is 0 Å². The van der Waals surface area contributed by atoms with Gasteiger partial charge in [-0.25, -0.2) is 4.85 Å².